The molecule has 0 aromatic rings. The maximum Gasteiger partial charge on any atom is 0.310 e. The highest BCUT2D eigenvalue weighted by atomic mass is 32.2. The van der Waals surface area contributed by atoms with Gasteiger partial charge in [-0.3, -0.25) is 9.59 Å². The fourth-order valence-electron chi connectivity index (χ4n) is 1.45. The Morgan fingerprint density at radius 3 is 2.42 bits per heavy atom. The highest BCUT2D eigenvalue weighted by Crippen LogP contribution is 2.31. The molecule has 0 saturated carbocycles. The second kappa shape index (κ2) is 9.20. The number of nitrogens with one attached hydrogen (secondary N) is 1. The van der Waals surface area contributed by atoms with Gasteiger partial charge >= 0.3 is 5.97 Å². The molecule has 6 heteroatoms. The summed E-state index contributed by atoms with van der Waals surface area (Å²) in [4.78, 5) is 23.0. The number of aliphatic hydroxyl groups excluding tert-OH is 1. The van der Waals surface area contributed by atoms with Crippen LogP contribution in [0.25, 0.3) is 0 Å². The molecule has 1 amide bonds. The van der Waals surface area contributed by atoms with Crippen LogP contribution in [0.15, 0.2) is 0 Å². The monoisotopic (exact) mass is 291 g/mol. The van der Waals surface area contributed by atoms with Crippen LogP contribution in [0, 0.1) is 11.3 Å². The predicted molar refractivity (Wildman–Crippen MR) is 77.2 cm³/mol. The number of amides is 1. The number of rotatable bonds is 10. The predicted octanol–water partition coefficient (Wildman–Crippen LogP) is 1.36. The molecule has 5 nitrogen and oxygen atoms in total. The molecule has 0 saturated heterocycles. The highest BCUT2D eigenvalue weighted by Gasteiger charge is 2.38. The van der Waals surface area contributed by atoms with Crippen molar-refractivity contribution in [2.75, 3.05) is 24.7 Å². The van der Waals surface area contributed by atoms with Gasteiger partial charge in [-0.15, -0.1) is 0 Å². The Morgan fingerprint density at radius 1 is 1.32 bits per heavy atom. The standard InChI is InChI=1S/C13H25NO4S/c1-10(2)13(3,12(17)18)9-11(16)14-5-8-19-7-4-6-15/h10,15H,4-9H2,1-3H3,(H,14,16)(H,17,18). The zero-order valence-electron chi connectivity index (χ0n) is 11.9. The first kappa shape index (κ1) is 18.2. The lowest BCUT2D eigenvalue weighted by Gasteiger charge is -2.28. The molecule has 1 unspecified atom stereocenters. The first-order valence-corrected chi connectivity index (χ1v) is 7.68. The van der Waals surface area contributed by atoms with Crippen molar-refractivity contribution < 1.29 is 19.8 Å². The van der Waals surface area contributed by atoms with Gasteiger partial charge in [0.05, 0.1) is 5.41 Å². The summed E-state index contributed by atoms with van der Waals surface area (Å²) < 4.78 is 0. The van der Waals surface area contributed by atoms with E-state index in [0.29, 0.717) is 6.54 Å². The van der Waals surface area contributed by atoms with Gasteiger partial charge in [0.15, 0.2) is 0 Å². The minimum atomic E-state index is -1.02. The Kier molecular flexibility index (Phi) is 8.84. The van der Waals surface area contributed by atoms with Crippen molar-refractivity contribution in [1.82, 2.24) is 5.32 Å². The maximum atomic E-state index is 11.7. The molecule has 0 aliphatic carbocycles. The molecule has 0 bridgehead atoms. The normalized spacial score (nSPS) is 14.2. The van der Waals surface area contributed by atoms with Crippen LogP contribution in [0.3, 0.4) is 0 Å². The van der Waals surface area contributed by atoms with Crippen LogP contribution < -0.4 is 5.32 Å². The number of carbonyl (C=O) groups is 2. The van der Waals surface area contributed by atoms with E-state index in [4.69, 9.17) is 5.11 Å². The molecule has 0 aliphatic heterocycles. The summed E-state index contributed by atoms with van der Waals surface area (Å²) in [6.45, 7) is 5.95. The van der Waals surface area contributed by atoms with Crippen molar-refractivity contribution in [2.45, 2.75) is 33.6 Å². The van der Waals surface area contributed by atoms with Crippen LogP contribution in [-0.2, 0) is 9.59 Å². The number of hydrogen-bond donors (Lipinski definition) is 3. The number of carboxylic acids is 1. The molecular formula is C13H25NO4S. The maximum absolute atomic E-state index is 11.7. The molecule has 1 atom stereocenters. The summed E-state index contributed by atoms with van der Waals surface area (Å²) in [7, 11) is 0. The van der Waals surface area contributed by atoms with Gasteiger partial charge in [0.25, 0.3) is 0 Å². The molecule has 0 heterocycles. The second-order valence-electron chi connectivity index (χ2n) is 5.09. The first-order valence-electron chi connectivity index (χ1n) is 6.53. The summed E-state index contributed by atoms with van der Waals surface area (Å²) >= 11 is 1.66. The van der Waals surface area contributed by atoms with Crippen LogP contribution in [0.5, 0.6) is 0 Å². The smallest absolute Gasteiger partial charge is 0.310 e. The topological polar surface area (TPSA) is 86.6 Å². The minimum absolute atomic E-state index is 0.00130. The summed E-state index contributed by atoms with van der Waals surface area (Å²) in [6, 6.07) is 0. The molecule has 112 valence electrons. The van der Waals surface area contributed by atoms with Crippen LogP contribution in [0.1, 0.15) is 33.6 Å². The Hall–Kier alpha value is -0.750. The molecule has 0 radical (unpaired) electrons. The lowest BCUT2D eigenvalue weighted by molar-refractivity contribution is -0.153. The van der Waals surface area contributed by atoms with E-state index in [1.807, 2.05) is 13.8 Å². The average molecular weight is 291 g/mol. The van der Waals surface area contributed by atoms with E-state index in [9.17, 15) is 14.7 Å². The number of carboxylic acid groups (broad SMARTS) is 1. The molecule has 0 aliphatic rings. The van der Waals surface area contributed by atoms with E-state index in [1.165, 1.54) is 0 Å². The molecule has 0 rings (SSSR count). The van der Waals surface area contributed by atoms with Gasteiger partial charge in [-0.1, -0.05) is 13.8 Å². The van der Waals surface area contributed by atoms with E-state index < -0.39 is 11.4 Å². The third-order valence-electron chi connectivity index (χ3n) is 3.31. The highest BCUT2D eigenvalue weighted by molar-refractivity contribution is 7.99. The summed E-state index contributed by atoms with van der Waals surface area (Å²) in [5.74, 6) is 0.383. The molecule has 0 fully saturated rings. The van der Waals surface area contributed by atoms with Crippen LogP contribution in [0.2, 0.25) is 0 Å². The van der Waals surface area contributed by atoms with Gasteiger partial charge in [-0.25, -0.2) is 0 Å². The van der Waals surface area contributed by atoms with Gasteiger partial charge in [0.1, 0.15) is 0 Å². The van der Waals surface area contributed by atoms with Gasteiger partial charge in [0.2, 0.25) is 5.91 Å². The van der Waals surface area contributed by atoms with E-state index in [1.54, 1.807) is 18.7 Å². The number of aliphatic carboxylic acids is 1. The van der Waals surface area contributed by atoms with Gasteiger partial charge in [-0.05, 0) is 25.0 Å². The van der Waals surface area contributed by atoms with Crippen LogP contribution in [0.4, 0.5) is 0 Å². The molecule has 0 spiro atoms. The first-order chi connectivity index (χ1) is 8.84. The Morgan fingerprint density at radius 2 is 1.95 bits per heavy atom. The molecule has 19 heavy (non-hydrogen) atoms. The van der Waals surface area contributed by atoms with E-state index in [-0.39, 0.29) is 24.9 Å². The van der Waals surface area contributed by atoms with Crippen LogP contribution >= 0.6 is 11.8 Å². The van der Waals surface area contributed by atoms with Gasteiger partial charge in [-0.2, -0.15) is 11.8 Å². The largest absolute Gasteiger partial charge is 0.481 e. The zero-order valence-corrected chi connectivity index (χ0v) is 12.8. The van der Waals surface area contributed by atoms with Crippen molar-refractivity contribution in [3.63, 3.8) is 0 Å². The molecule has 0 aromatic carbocycles. The quantitative estimate of drug-likeness (QED) is 0.529. The zero-order chi connectivity index (χ0) is 14.9. The SMILES string of the molecule is CC(C)C(C)(CC(=O)NCCSCCCO)C(=O)O. The molecular weight excluding hydrogens is 266 g/mol. The van der Waals surface area contributed by atoms with Gasteiger partial charge in [0, 0.05) is 25.3 Å². The van der Waals surface area contributed by atoms with E-state index in [0.717, 1.165) is 17.9 Å². The fourth-order valence-corrected chi connectivity index (χ4v) is 2.24. The van der Waals surface area contributed by atoms with Crippen molar-refractivity contribution >= 4 is 23.6 Å². The number of thioether (sulfide) groups is 1. The van der Waals surface area contributed by atoms with E-state index >= 15 is 0 Å². The van der Waals surface area contributed by atoms with Crippen LogP contribution in [-0.4, -0.2) is 46.7 Å². The average Bonchev–Trinajstić information content (AvgIpc) is 2.32. The number of aliphatic hydroxyl groups is 1. The summed E-state index contributed by atoms with van der Waals surface area (Å²) in [5.41, 5.74) is -1.02. The summed E-state index contributed by atoms with van der Waals surface area (Å²) in [6.07, 6.45) is 0.754. The Labute approximate surface area is 119 Å². The minimum Gasteiger partial charge on any atom is -0.481 e. The van der Waals surface area contributed by atoms with Gasteiger partial charge < -0.3 is 15.5 Å². The third-order valence-corrected chi connectivity index (χ3v) is 4.38. The molecule has 3 N–H and O–H groups in total. The van der Waals surface area contributed by atoms with Crippen molar-refractivity contribution in [2.24, 2.45) is 11.3 Å². The molecule has 0 aromatic heterocycles. The summed E-state index contributed by atoms with van der Waals surface area (Å²) in [5, 5.41) is 20.6. The Bertz CT molecular complexity index is 296. The van der Waals surface area contributed by atoms with Crippen molar-refractivity contribution in [3.05, 3.63) is 0 Å². The van der Waals surface area contributed by atoms with Crippen molar-refractivity contribution in [3.8, 4) is 0 Å². The lowest BCUT2D eigenvalue weighted by atomic mass is 9.76. The fraction of sp³-hybridized carbons (Fsp3) is 0.846. The third kappa shape index (κ3) is 6.82. The lowest BCUT2D eigenvalue weighted by Crippen LogP contribution is -2.39. The number of carbonyl (C=O) groups excluding carboxylic acids is 1. The second-order valence-corrected chi connectivity index (χ2v) is 6.32. The van der Waals surface area contributed by atoms with Crippen molar-refractivity contribution in [1.29, 1.82) is 0 Å². The number of hydrogen-bond acceptors (Lipinski definition) is 4. The van der Waals surface area contributed by atoms with E-state index in [2.05, 4.69) is 5.32 Å². The Balaban J connectivity index is 3.99.